The van der Waals surface area contributed by atoms with E-state index in [0.717, 1.165) is 0 Å². The van der Waals surface area contributed by atoms with E-state index in [0.29, 0.717) is 0 Å². The molecule has 0 bridgehead atoms. The van der Waals surface area contributed by atoms with Crippen LogP contribution in [-0.2, 0) is 14.8 Å². The summed E-state index contributed by atoms with van der Waals surface area (Å²) in [4.78, 5) is 10.5. The van der Waals surface area contributed by atoms with E-state index in [-0.39, 0.29) is 17.9 Å². The van der Waals surface area contributed by atoms with Gasteiger partial charge in [-0.15, -0.1) is 0 Å². The van der Waals surface area contributed by atoms with Crippen molar-refractivity contribution in [2.24, 2.45) is 5.92 Å². The van der Waals surface area contributed by atoms with Crippen molar-refractivity contribution in [2.75, 3.05) is 6.54 Å². The molecule has 0 amide bonds. The number of rotatable bonds is 6. The third kappa shape index (κ3) is 3.31. The Morgan fingerprint density at radius 1 is 1.69 bits per heavy atom. The van der Waals surface area contributed by atoms with Crippen molar-refractivity contribution in [3.63, 3.8) is 0 Å². The van der Waals surface area contributed by atoms with Gasteiger partial charge in [0.15, 0.2) is 0 Å². The Morgan fingerprint density at radius 3 is 2.88 bits per heavy atom. The van der Waals surface area contributed by atoms with Crippen molar-refractivity contribution in [1.29, 1.82) is 0 Å². The SMILES string of the molecule is CC(CCNS(=O)(=O)c1cn[nH]c1)C(=O)O. The number of aliphatic carboxylic acids is 1. The van der Waals surface area contributed by atoms with Gasteiger partial charge in [0.2, 0.25) is 10.0 Å². The molecule has 7 nitrogen and oxygen atoms in total. The van der Waals surface area contributed by atoms with Crippen LogP contribution in [0.25, 0.3) is 0 Å². The molecule has 1 aromatic heterocycles. The zero-order valence-corrected chi connectivity index (χ0v) is 9.49. The van der Waals surface area contributed by atoms with Crippen molar-refractivity contribution in [1.82, 2.24) is 14.9 Å². The van der Waals surface area contributed by atoms with Crippen LogP contribution in [0, 0.1) is 5.92 Å². The zero-order valence-electron chi connectivity index (χ0n) is 8.67. The lowest BCUT2D eigenvalue weighted by atomic mass is 10.1. The second-order valence-corrected chi connectivity index (χ2v) is 5.13. The molecule has 16 heavy (non-hydrogen) atoms. The average molecular weight is 247 g/mol. The van der Waals surface area contributed by atoms with E-state index in [2.05, 4.69) is 14.9 Å². The quantitative estimate of drug-likeness (QED) is 0.644. The van der Waals surface area contributed by atoms with Crippen LogP contribution in [0.15, 0.2) is 17.3 Å². The number of sulfonamides is 1. The average Bonchev–Trinajstić information content (AvgIpc) is 2.70. The Kier molecular flexibility index (Phi) is 4.02. The standard InChI is InChI=1S/C8H13N3O4S/c1-6(8(12)13)2-3-11-16(14,15)7-4-9-10-5-7/h4-6,11H,2-3H2,1H3,(H,9,10)(H,12,13). The highest BCUT2D eigenvalue weighted by Gasteiger charge is 2.16. The smallest absolute Gasteiger partial charge is 0.306 e. The Balaban J connectivity index is 2.47. The fourth-order valence-corrected chi connectivity index (χ4v) is 1.96. The van der Waals surface area contributed by atoms with Crippen molar-refractivity contribution < 1.29 is 18.3 Å². The van der Waals surface area contributed by atoms with Gasteiger partial charge in [0.05, 0.1) is 12.1 Å². The van der Waals surface area contributed by atoms with Gasteiger partial charge in [-0.3, -0.25) is 9.89 Å². The fourth-order valence-electron chi connectivity index (χ4n) is 1.00. The van der Waals surface area contributed by atoms with Crippen molar-refractivity contribution in [2.45, 2.75) is 18.2 Å². The minimum Gasteiger partial charge on any atom is -0.481 e. The minimum absolute atomic E-state index is 0.0375. The van der Waals surface area contributed by atoms with Crippen LogP contribution in [-0.4, -0.2) is 36.2 Å². The topological polar surface area (TPSA) is 112 Å². The molecule has 1 rings (SSSR count). The maximum atomic E-state index is 11.5. The number of nitrogens with zero attached hydrogens (tertiary/aromatic N) is 1. The third-order valence-electron chi connectivity index (χ3n) is 2.07. The molecular weight excluding hydrogens is 234 g/mol. The van der Waals surface area contributed by atoms with E-state index in [1.807, 2.05) is 0 Å². The molecule has 0 radical (unpaired) electrons. The molecule has 0 saturated heterocycles. The molecule has 1 aromatic rings. The Morgan fingerprint density at radius 2 is 2.38 bits per heavy atom. The van der Waals surface area contributed by atoms with E-state index < -0.39 is 21.9 Å². The van der Waals surface area contributed by atoms with Crippen LogP contribution in [0.2, 0.25) is 0 Å². The number of carboxylic acids is 1. The Bertz CT molecular complexity index is 440. The number of aromatic nitrogens is 2. The van der Waals surface area contributed by atoms with Gasteiger partial charge in [-0.1, -0.05) is 6.92 Å². The molecule has 1 atom stereocenters. The van der Waals surface area contributed by atoms with Gasteiger partial charge in [-0.2, -0.15) is 5.10 Å². The molecule has 0 aliphatic carbocycles. The van der Waals surface area contributed by atoms with Gasteiger partial charge in [0, 0.05) is 12.7 Å². The summed E-state index contributed by atoms with van der Waals surface area (Å²) in [5, 5.41) is 14.5. The lowest BCUT2D eigenvalue weighted by molar-refractivity contribution is -0.141. The van der Waals surface area contributed by atoms with Crippen LogP contribution in [0.4, 0.5) is 0 Å². The van der Waals surface area contributed by atoms with Crippen molar-refractivity contribution in [3.8, 4) is 0 Å². The molecular formula is C8H13N3O4S. The summed E-state index contributed by atoms with van der Waals surface area (Å²) in [5.74, 6) is -1.52. The number of H-pyrrole nitrogens is 1. The highest BCUT2D eigenvalue weighted by atomic mass is 32.2. The summed E-state index contributed by atoms with van der Waals surface area (Å²) in [6.45, 7) is 1.61. The summed E-state index contributed by atoms with van der Waals surface area (Å²) in [7, 11) is -3.57. The van der Waals surface area contributed by atoms with E-state index in [1.54, 1.807) is 0 Å². The summed E-state index contributed by atoms with van der Waals surface area (Å²) in [5.41, 5.74) is 0. The van der Waals surface area contributed by atoms with E-state index in [9.17, 15) is 13.2 Å². The monoisotopic (exact) mass is 247 g/mol. The molecule has 0 spiro atoms. The summed E-state index contributed by atoms with van der Waals surface area (Å²) in [6.07, 6.45) is 2.68. The first-order chi connectivity index (χ1) is 7.43. The first kappa shape index (κ1) is 12.7. The number of hydrogen-bond acceptors (Lipinski definition) is 4. The summed E-state index contributed by atoms with van der Waals surface area (Å²) >= 11 is 0. The van der Waals surface area contributed by atoms with E-state index in [4.69, 9.17) is 5.11 Å². The van der Waals surface area contributed by atoms with E-state index in [1.165, 1.54) is 19.3 Å². The van der Waals surface area contributed by atoms with Crippen LogP contribution >= 0.6 is 0 Å². The molecule has 0 fully saturated rings. The Hall–Kier alpha value is -1.41. The minimum atomic E-state index is -3.57. The molecule has 0 aliphatic rings. The molecule has 1 unspecified atom stereocenters. The molecule has 0 aromatic carbocycles. The van der Waals surface area contributed by atoms with Gasteiger partial charge in [-0.25, -0.2) is 13.1 Å². The van der Waals surface area contributed by atoms with Gasteiger partial charge in [0.25, 0.3) is 0 Å². The predicted octanol–water partition coefficient (Wildman–Crippen LogP) is -0.201. The molecule has 3 N–H and O–H groups in total. The second-order valence-electron chi connectivity index (χ2n) is 3.36. The summed E-state index contributed by atoms with van der Waals surface area (Å²) < 4.78 is 25.3. The number of carbonyl (C=O) groups is 1. The first-order valence-electron chi connectivity index (χ1n) is 4.64. The first-order valence-corrected chi connectivity index (χ1v) is 6.13. The lowest BCUT2D eigenvalue weighted by Crippen LogP contribution is -2.27. The lowest BCUT2D eigenvalue weighted by Gasteiger charge is -2.07. The highest BCUT2D eigenvalue weighted by molar-refractivity contribution is 7.89. The van der Waals surface area contributed by atoms with Gasteiger partial charge < -0.3 is 5.11 Å². The Labute approximate surface area is 92.9 Å². The summed E-state index contributed by atoms with van der Waals surface area (Å²) in [6, 6.07) is 0. The predicted molar refractivity (Wildman–Crippen MR) is 55.2 cm³/mol. The van der Waals surface area contributed by atoms with Crippen LogP contribution in [0.5, 0.6) is 0 Å². The van der Waals surface area contributed by atoms with E-state index >= 15 is 0 Å². The van der Waals surface area contributed by atoms with Crippen LogP contribution < -0.4 is 4.72 Å². The number of hydrogen-bond donors (Lipinski definition) is 3. The molecule has 0 aliphatic heterocycles. The maximum absolute atomic E-state index is 11.5. The molecule has 90 valence electrons. The van der Waals surface area contributed by atoms with Gasteiger partial charge in [-0.05, 0) is 6.42 Å². The van der Waals surface area contributed by atoms with Crippen molar-refractivity contribution in [3.05, 3.63) is 12.4 Å². The highest BCUT2D eigenvalue weighted by Crippen LogP contribution is 2.05. The third-order valence-corrected chi connectivity index (χ3v) is 3.50. The van der Waals surface area contributed by atoms with Crippen LogP contribution in [0.1, 0.15) is 13.3 Å². The zero-order chi connectivity index (χ0) is 12.2. The number of carboxylic acid groups (broad SMARTS) is 1. The molecule has 8 heteroatoms. The normalized spacial score (nSPS) is 13.6. The van der Waals surface area contributed by atoms with Gasteiger partial charge in [0.1, 0.15) is 4.90 Å². The largest absolute Gasteiger partial charge is 0.481 e. The fraction of sp³-hybridized carbons (Fsp3) is 0.500. The van der Waals surface area contributed by atoms with Crippen LogP contribution in [0.3, 0.4) is 0 Å². The second kappa shape index (κ2) is 5.08. The number of aromatic amines is 1. The maximum Gasteiger partial charge on any atom is 0.306 e. The van der Waals surface area contributed by atoms with Gasteiger partial charge >= 0.3 is 5.97 Å². The van der Waals surface area contributed by atoms with Crippen molar-refractivity contribution >= 4 is 16.0 Å². The molecule has 0 saturated carbocycles. The molecule has 1 heterocycles. The number of nitrogens with one attached hydrogen (secondary N) is 2.